The van der Waals surface area contributed by atoms with Gasteiger partial charge >= 0.3 is 0 Å². The lowest BCUT2D eigenvalue weighted by molar-refractivity contribution is -0.115. The molecule has 2 nitrogen and oxygen atoms in total. The predicted molar refractivity (Wildman–Crippen MR) is 96.1 cm³/mol. The second kappa shape index (κ2) is 5.84. The molecular formula is C21H26O2. The second-order valence-corrected chi connectivity index (χ2v) is 8.12. The molecule has 1 aromatic carbocycles. The standard InChI is InChI=1S/C21H26O2/c1-20(2,3)16-13-15(12-14-10-8-7-9-11-14)17(21(4,5)6)19(23)18(16)22/h7-13,23H,1-6H3/b15-12+. The van der Waals surface area contributed by atoms with Crippen LogP contribution in [0.25, 0.3) is 6.08 Å². The van der Waals surface area contributed by atoms with Crippen molar-refractivity contribution in [2.24, 2.45) is 10.8 Å². The van der Waals surface area contributed by atoms with Gasteiger partial charge in [-0.3, -0.25) is 4.79 Å². The number of hydrogen-bond acceptors (Lipinski definition) is 2. The molecule has 0 bridgehead atoms. The predicted octanol–water partition coefficient (Wildman–Crippen LogP) is 5.48. The highest BCUT2D eigenvalue weighted by Gasteiger charge is 2.36. The zero-order chi connectivity index (χ0) is 17.4. The molecule has 0 unspecified atom stereocenters. The maximum Gasteiger partial charge on any atom is 0.224 e. The van der Waals surface area contributed by atoms with Crippen molar-refractivity contribution in [2.75, 3.05) is 0 Å². The molecule has 0 fully saturated rings. The highest BCUT2D eigenvalue weighted by atomic mass is 16.3. The quantitative estimate of drug-likeness (QED) is 0.745. The van der Waals surface area contributed by atoms with Crippen molar-refractivity contribution in [1.82, 2.24) is 0 Å². The van der Waals surface area contributed by atoms with E-state index in [0.29, 0.717) is 11.1 Å². The highest BCUT2D eigenvalue weighted by Crippen LogP contribution is 2.42. The van der Waals surface area contributed by atoms with Gasteiger partial charge in [0.05, 0.1) is 0 Å². The van der Waals surface area contributed by atoms with Crippen LogP contribution < -0.4 is 0 Å². The number of benzene rings is 1. The van der Waals surface area contributed by atoms with Crippen molar-refractivity contribution in [3.63, 3.8) is 0 Å². The number of carbonyl (C=O) groups is 1. The molecule has 0 saturated heterocycles. The Bertz CT molecular complexity index is 702. The van der Waals surface area contributed by atoms with Gasteiger partial charge in [-0.15, -0.1) is 0 Å². The van der Waals surface area contributed by atoms with Gasteiger partial charge in [0.1, 0.15) is 0 Å². The summed E-state index contributed by atoms with van der Waals surface area (Å²) < 4.78 is 0. The number of hydrogen-bond donors (Lipinski definition) is 1. The Morgan fingerprint density at radius 3 is 1.96 bits per heavy atom. The summed E-state index contributed by atoms with van der Waals surface area (Å²) >= 11 is 0. The van der Waals surface area contributed by atoms with E-state index in [1.165, 1.54) is 0 Å². The number of Topliss-reactive ketones (excluding diaryl/α,β-unsaturated/α-hetero) is 1. The second-order valence-electron chi connectivity index (χ2n) is 8.12. The molecule has 0 spiro atoms. The van der Waals surface area contributed by atoms with Gasteiger partial charge in [0.25, 0.3) is 0 Å². The minimum absolute atomic E-state index is 0.118. The average Bonchev–Trinajstić information content (AvgIpc) is 2.41. The summed E-state index contributed by atoms with van der Waals surface area (Å²) in [6.07, 6.45) is 3.98. The van der Waals surface area contributed by atoms with Crippen molar-refractivity contribution in [2.45, 2.75) is 41.5 Å². The molecule has 1 aliphatic carbocycles. The van der Waals surface area contributed by atoms with Crippen LogP contribution in [0.4, 0.5) is 0 Å². The Labute approximate surface area is 139 Å². The van der Waals surface area contributed by atoms with Crippen LogP contribution in [0.3, 0.4) is 0 Å². The first kappa shape index (κ1) is 17.3. The fourth-order valence-corrected chi connectivity index (χ4v) is 2.86. The summed E-state index contributed by atoms with van der Waals surface area (Å²) in [4.78, 5) is 12.6. The van der Waals surface area contributed by atoms with Crippen LogP contribution >= 0.6 is 0 Å². The van der Waals surface area contributed by atoms with Crippen molar-refractivity contribution < 1.29 is 9.90 Å². The van der Waals surface area contributed by atoms with Crippen molar-refractivity contribution >= 4 is 11.9 Å². The zero-order valence-corrected chi connectivity index (χ0v) is 14.9. The van der Waals surface area contributed by atoms with Crippen molar-refractivity contribution in [3.8, 4) is 0 Å². The molecule has 0 heterocycles. The van der Waals surface area contributed by atoms with E-state index in [4.69, 9.17) is 0 Å². The number of aliphatic hydroxyl groups excluding tert-OH is 1. The van der Waals surface area contributed by atoms with Gasteiger partial charge < -0.3 is 5.11 Å². The van der Waals surface area contributed by atoms with Gasteiger partial charge in [0, 0.05) is 11.1 Å². The molecular weight excluding hydrogens is 284 g/mol. The van der Waals surface area contributed by atoms with E-state index in [1.807, 2.05) is 84.0 Å². The van der Waals surface area contributed by atoms with E-state index in [0.717, 1.165) is 11.1 Å². The van der Waals surface area contributed by atoms with Gasteiger partial charge in [-0.25, -0.2) is 0 Å². The van der Waals surface area contributed by atoms with Crippen molar-refractivity contribution in [3.05, 3.63) is 64.4 Å². The molecule has 1 N–H and O–H groups in total. The zero-order valence-electron chi connectivity index (χ0n) is 14.9. The summed E-state index contributed by atoms with van der Waals surface area (Å²) in [7, 11) is 0. The van der Waals surface area contributed by atoms with E-state index < -0.39 is 0 Å². The summed E-state index contributed by atoms with van der Waals surface area (Å²) in [5.74, 6) is -0.375. The van der Waals surface area contributed by atoms with Gasteiger partial charge in [-0.05, 0) is 34.1 Å². The van der Waals surface area contributed by atoms with Gasteiger partial charge in [0.15, 0.2) is 5.76 Å². The Hall–Kier alpha value is -2.09. The highest BCUT2D eigenvalue weighted by molar-refractivity contribution is 6.10. The van der Waals surface area contributed by atoms with E-state index in [9.17, 15) is 9.90 Å². The number of carbonyl (C=O) groups excluding carboxylic acids is 1. The minimum Gasteiger partial charge on any atom is -0.504 e. The summed E-state index contributed by atoms with van der Waals surface area (Å²) in [5, 5.41) is 10.6. The molecule has 1 aromatic rings. The largest absolute Gasteiger partial charge is 0.504 e. The number of aliphatic hydroxyl groups is 1. The summed E-state index contributed by atoms with van der Waals surface area (Å²) in [5.41, 5.74) is 2.68. The molecule has 0 aliphatic heterocycles. The number of allylic oxidation sites excluding steroid dienone is 4. The van der Waals surface area contributed by atoms with E-state index in [-0.39, 0.29) is 22.4 Å². The topological polar surface area (TPSA) is 37.3 Å². The molecule has 1 aliphatic rings. The molecule has 2 rings (SSSR count). The van der Waals surface area contributed by atoms with Crippen LogP contribution in [0.2, 0.25) is 0 Å². The Morgan fingerprint density at radius 2 is 1.48 bits per heavy atom. The smallest absolute Gasteiger partial charge is 0.224 e. The maximum atomic E-state index is 12.6. The minimum atomic E-state index is -0.319. The molecule has 0 aromatic heterocycles. The van der Waals surface area contributed by atoms with Crippen LogP contribution in [0.15, 0.2) is 58.9 Å². The van der Waals surface area contributed by atoms with Gasteiger partial charge in [0.2, 0.25) is 5.78 Å². The van der Waals surface area contributed by atoms with Crippen LogP contribution in [0, 0.1) is 10.8 Å². The first-order valence-corrected chi connectivity index (χ1v) is 7.99. The van der Waals surface area contributed by atoms with Gasteiger partial charge in [-0.2, -0.15) is 0 Å². The van der Waals surface area contributed by atoms with E-state index >= 15 is 0 Å². The van der Waals surface area contributed by atoms with Crippen LogP contribution in [0.5, 0.6) is 0 Å². The molecule has 2 heteroatoms. The van der Waals surface area contributed by atoms with E-state index in [2.05, 4.69) is 0 Å². The third-order valence-corrected chi connectivity index (χ3v) is 3.96. The molecule has 23 heavy (non-hydrogen) atoms. The molecule has 0 radical (unpaired) electrons. The third-order valence-electron chi connectivity index (χ3n) is 3.96. The first-order valence-electron chi connectivity index (χ1n) is 7.99. The Kier molecular flexibility index (Phi) is 4.39. The Balaban J connectivity index is 2.69. The number of ketones is 1. The lowest BCUT2D eigenvalue weighted by Gasteiger charge is -2.32. The summed E-state index contributed by atoms with van der Waals surface area (Å²) in [6.45, 7) is 12.0. The van der Waals surface area contributed by atoms with Crippen LogP contribution in [0.1, 0.15) is 47.1 Å². The van der Waals surface area contributed by atoms with Crippen LogP contribution in [-0.2, 0) is 4.79 Å². The molecule has 0 saturated carbocycles. The molecule has 122 valence electrons. The first-order chi connectivity index (χ1) is 10.5. The van der Waals surface area contributed by atoms with Gasteiger partial charge in [-0.1, -0.05) is 71.9 Å². The Morgan fingerprint density at radius 1 is 0.913 bits per heavy atom. The average molecular weight is 310 g/mol. The molecule has 0 atom stereocenters. The number of rotatable bonds is 1. The van der Waals surface area contributed by atoms with Crippen molar-refractivity contribution in [1.29, 1.82) is 0 Å². The fraction of sp³-hybridized carbons (Fsp3) is 0.381. The van der Waals surface area contributed by atoms with E-state index in [1.54, 1.807) is 0 Å². The molecule has 0 amide bonds. The summed E-state index contributed by atoms with van der Waals surface area (Å²) in [6, 6.07) is 9.97. The lowest BCUT2D eigenvalue weighted by Crippen LogP contribution is -2.27. The fourth-order valence-electron chi connectivity index (χ4n) is 2.86. The monoisotopic (exact) mass is 310 g/mol. The normalized spacial score (nSPS) is 18.4. The third kappa shape index (κ3) is 3.64. The maximum absolute atomic E-state index is 12.6. The van der Waals surface area contributed by atoms with Crippen LogP contribution in [-0.4, -0.2) is 10.9 Å². The lowest BCUT2D eigenvalue weighted by atomic mass is 9.72. The SMILES string of the molecule is CC(C)(C)C1=C/C(=C\c2ccccc2)C(C(C)(C)C)=C(O)C1=O.